The first-order valence-electron chi connectivity index (χ1n) is 7.59. The highest BCUT2D eigenvalue weighted by Gasteiger charge is 2.15. The fourth-order valence-electron chi connectivity index (χ4n) is 3.02. The Bertz CT molecular complexity index is 526. The lowest BCUT2D eigenvalue weighted by Gasteiger charge is -2.21. The third-order valence-electron chi connectivity index (χ3n) is 5.00. The second kappa shape index (κ2) is 6.26. The summed E-state index contributed by atoms with van der Waals surface area (Å²) in [4.78, 5) is 1.44. The van der Waals surface area contributed by atoms with Gasteiger partial charge in [0.1, 0.15) is 0 Å². The monoisotopic (exact) mass is 289 g/mol. The minimum atomic E-state index is 1.07. The molecule has 2 rings (SSSR count). The van der Waals surface area contributed by atoms with Gasteiger partial charge < -0.3 is 5.73 Å². The van der Waals surface area contributed by atoms with Crippen LogP contribution in [0.4, 0.5) is 0 Å². The topological polar surface area (TPSA) is 26.0 Å². The van der Waals surface area contributed by atoms with Gasteiger partial charge in [0.15, 0.2) is 0 Å². The smallest absolute Gasteiger partial charge is 0.0234 e. The summed E-state index contributed by atoms with van der Waals surface area (Å²) in [6.45, 7) is 11.3. The molecule has 0 heterocycles. The number of thioether (sulfide) groups is 1. The van der Waals surface area contributed by atoms with E-state index >= 15 is 0 Å². The number of hydrogen-bond donors (Lipinski definition) is 1. The van der Waals surface area contributed by atoms with Gasteiger partial charge in [0.25, 0.3) is 0 Å². The van der Waals surface area contributed by atoms with E-state index in [1.54, 1.807) is 0 Å². The molecule has 0 radical (unpaired) electrons. The van der Waals surface area contributed by atoms with Gasteiger partial charge in [-0.2, -0.15) is 0 Å². The predicted molar refractivity (Wildman–Crippen MR) is 91.1 cm³/mol. The first-order chi connectivity index (χ1) is 9.43. The van der Waals surface area contributed by atoms with Crippen LogP contribution >= 0.6 is 11.8 Å². The molecule has 110 valence electrons. The molecule has 0 atom stereocenters. The Morgan fingerprint density at radius 1 is 0.800 bits per heavy atom. The molecule has 2 N–H and O–H groups in total. The SMILES string of the molecule is Cc1c(C)c(C)c(CSC2=C(N)CCCC2)c(C)c1C. The van der Waals surface area contributed by atoms with Gasteiger partial charge >= 0.3 is 0 Å². The summed E-state index contributed by atoms with van der Waals surface area (Å²) in [7, 11) is 0. The molecule has 0 unspecified atom stereocenters. The minimum absolute atomic E-state index is 1.07. The van der Waals surface area contributed by atoms with E-state index in [1.165, 1.54) is 57.5 Å². The summed E-state index contributed by atoms with van der Waals surface area (Å²) in [5.41, 5.74) is 16.1. The largest absolute Gasteiger partial charge is 0.401 e. The Morgan fingerprint density at radius 3 is 1.85 bits per heavy atom. The van der Waals surface area contributed by atoms with Crippen molar-refractivity contribution in [2.24, 2.45) is 5.73 Å². The van der Waals surface area contributed by atoms with E-state index in [4.69, 9.17) is 5.73 Å². The summed E-state index contributed by atoms with van der Waals surface area (Å²) < 4.78 is 0. The lowest BCUT2D eigenvalue weighted by atomic mass is 9.90. The lowest BCUT2D eigenvalue weighted by Crippen LogP contribution is -2.07. The maximum absolute atomic E-state index is 6.16. The Labute approximate surface area is 128 Å². The quantitative estimate of drug-likeness (QED) is 0.827. The average molecular weight is 289 g/mol. The maximum atomic E-state index is 6.16. The van der Waals surface area contributed by atoms with Crippen LogP contribution in [0.5, 0.6) is 0 Å². The highest BCUT2D eigenvalue weighted by Crippen LogP contribution is 2.35. The summed E-state index contributed by atoms with van der Waals surface area (Å²) in [5.74, 6) is 1.07. The average Bonchev–Trinajstić information content (AvgIpc) is 2.45. The number of hydrogen-bond acceptors (Lipinski definition) is 2. The molecule has 1 aromatic carbocycles. The van der Waals surface area contributed by atoms with Crippen molar-refractivity contribution < 1.29 is 0 Å². The van der Waals surface area contributed by atoms with Gasteiger partial charge in [-0.15, -0.1) is 11.8 Å². The minimum Gasteiger partial charge on any atom is -0.401 e. The second-order valence-corrected chi connectivity index (χ2v) is 7.12. The lowest BCUT2D eigenvalue weighted by molar-refractivity contribution is 0.688. The highest BCUT2D eigenvalue weighted by molar-refractivity contribution is 8.02. The molecule has 0 bridgehead atoms. The van der Waals surface area contributed by atoms with E-state index in [1.807, 2.05) is 11.8 Å². The zero-order valence-corrected chi connectivity index (χ0v) is 14.3. The number of nitrogens with two attached hydrogens (primary N) is 1. The molecule has 0 aliphatic heterocycles. The predicted octanol–water partition coefficient (Wildman–Crippen LogP) is 5.21. The van der Waals surface area contributed by atoms with Crippen molar-refractivity contribution >= 4 is 11.8 Å². The first kappa shape index (κ1) is 15.5. The van der Waals surface area contributed by atoms with E-state index < -0.39 is 0 Å². The highest BCUT2D eigenvalue weighted by atomic mass is 32.2. The van der Waals surface area contributed by atoms with E-state index in [0.717, 1.165) is 17.9 Å². The van der Waals surface area contributed by atoms with Gasteiger partial charge in [-0.25, -0.2) is 0 Å². The van der Waals surface area contributed by atoms with E-state index in [-0.39, 0.29) is 0 Å². The molecule has 0 spiro atoms. The first-order valence-corrected chi connectivity index (χ1v) is 8.58. The molecule has 0 saturated carbocycles. The van der Waals surface area contributed by atoms with Crippen molar-refractivity contribution in [2.75, 3.05) is 0 Å². The molecule has 0 saturated heterocycles. The van der Waals surface area contributed by atoms with Gasteiger partial charge in [-0.05, 0) is 93.7 Å². The van der Waals surface area contributed by atoms with Crippen molar-refractivity contribution in [1.29, 1.82) is 0 Å². The third kappa shape index (κ3) is 2.90. The number of allylic oxidation sites excluding steroid dienone is 2. The Morgan fingerprint density at radius 2 is 1.30 bits per heavy atom. The molecule has 2 heteroatoms. The van der Waals surface area contributed by atoms with Crippen LogP contribution in [0.15, 0.2) is 10.6 Å². The van der Waals surface area contributed by atoms with Gasteiger partial charge in [0.2, 0.25) is 0 Å². The zero-order valence-electron chi connectivity index (χ0n) is 13.5. The van der Waals surface area contributed by atoms with Crippen LogP contribution in [0.2, 0.25) is 0 Å². The van der Waals surface area contributed by atoms with Crippen molar-refractivity contribution in [3.63, 3.8) is 0 Å². The number of benzene rings is 1. The van der Waals surface area contributed by atoms with Crippen molar-refractivity contribution in [3.05, 3.63) is 44.0 Å². The van der Waals surface area contributed by atoms with Crippen LogP contribution < -0.4 is 5.73 Å². The Hall–Kier alpha value is -0.890. The second-order valence-electron chi connectivity index (χ2n) is 6.05. The van der Waals surface area contributed by atoms with Crippen molar-refractivity contribution in [3.8, 4) is 0 Å². The van der Waals surface area contributed by atoms with Crippen LogP contribution in [0.1, 0.15) is 59.1 Å². The molecule has 1 aliphatic rings. The molecular formula is C18H27NS. The van der Waals surface area contributed by atoms with Gasteiger partial charge in [0.05, 0.1) is 0 Å². The Balaban J connectivity index is 2.26. The zero-order chi connectivity index (χ0) is 14.9. The van der Waals surface area contributed by atoms with E-state index in [9.17, 15) is 0 Å². The van der Waals surface area contributed by atoms with Crippen molar-refractivity contribution in [2.45, 2.75) is 66.1 Å². The molecule has 0 aromatic heterocycles. The van der Waals surface area contributed by atoms with Crippen LogP contribution in [-0.2, 0) is 5.75 Å². The van der Waals surface area contributed by atoms with Crippen LogP contribution in [0, 0.1) is 34.6 Å². The number of rotatable bonds is 3. The van der Waals surface area contributed by atoms with Gasteiger partial charge in [-0.1, -0.05) is 0 Å². The molecule has 0 amide bonds. The van der Waals surface area contributed by atoms with E-state index in [2.05, 4.69) is 34.6 Å². The van der Waals surface area contributed by atoms with Gasteiger partial charge in [-0.3, -0.25) is 0 Å². The summed E-state index contributed by atoms with van der Waals surface area (Å²) >= 11 is 1.96. The van der Waals surface area contributed by atoms with Gasteiger partial charge in [0, 0.05) is 16.4 Å². The normalized spacial score (nSPS) is 15.8. The van der Waals surface area contributed by atoms with Crippen LogP contribution in [-0.4, -0.2) is 0 Å². The molecule has 1 aliphatic carbocycles. The fraction of sp³-hybridized carbons (Fsp3) is 0.556. The molecule has 0 fully saturated rings. The summed E-state index contributed by atoms with van der Waals surface area (Å²) in [6.07, 6.45) is 4.83. The molecule has 20 heavy (non-hydrogen) atoms. The fourth-order valence-corrected chi connectivity index (χ4v) is 4.35. The Kier molecular flexibility index (Phi) is 4.85. The van der Waals surface area contributed by atoms with E-state index in [0.29, 0.717) is 0 Å². The standard InChI is InChI=1S/C18H27NS/c1-11-12(2)14(4)16(15(5)13(11)3)10-20-18-9-7-6-8-17(18)19/h6-10,19H2,1-5H3. The van der Waals surface area contributed by atoms with Crippen LogP contribution in [0.25, 0.3) is 0 Å². The molecule has 1 aromatic rings. The van der Waals surface area contributed by atoms with Crippen molar-refractivity contribution in [1.82, 2.24) is 0 Å². The maximum Gasteiger partial charge on any atom is 0.0234 e. The molecular weight excluding hydrogens is 262 g/mol. The van der Waals surface area contributed by atoms with Crippen LogP contribution in [0.3, 0.4) is 0 Å². The molecule has 1 nitrogen and oxygen atoms in total. The summed E-state index contributed by atoms with van der Waals surface area (Å²) in [5, 5.41) is 0. The summed E-state index contributed by atoms with van der Waals surface area (Å²) in [6, 6.07) is 0. The third-order valence-corrected chi connectivity index (χ3v) is 6.25.